The Labute approximate surface area is 158 Å². The summed E-state index contributed by atoms with van der Waals surface area (Å²) in [7, 11) is 0. The number of benzene rings is 1. The summed E-state index contributed by atoms with van der Waals surface area (Å²) in [6.07, 6.45) is 8.26. The molecule has 1 aromatic carbocycles. The highest BCUT2D eigenvalue weighted by atomic mass is 16.5. The first kappa shape index (κ1) is 17.0. The van der Waals surface area contributed by atoms with Crippen molar-refractivity contribution < 1.29 is 13.9 Å². The zero-order valence-electron chi connectivity index (χ0n) is 15.8. The smallest absolute Gasteiger partial charge is 0.336 e. The van der Waals surface area contributed by atoms with Crippen molar-refractivity contribution in [2.45, 2.75) is 58.5 Å². The van der Waals surface area contributed by atoms with Crippen LogP contribution in [0, 0.1) is 30.1 Å². The minimum atomic E-state index is -0.403. The molecule has 0 N–H and O–H groups in total. The van der Waals surface area contributed by atoms with Gasteiger partial charge in [-0.1, -0.05) is 12.1 Å². The molecule has 1 heterocycles. The van der Waals surface area contributed by atoms with Gasteiger partial charge in [0.05, 0.1) is 6.42 Å². The van der Waals surface area contributed by atoms with Crippen molar-refractivity contribution in [1.29, 1.82) is 0 Å². The van der Waals surface area contributed by atoms with Gasteiger partial charge in [-0.05, 0) is 80.2 Å². The summed E-state index contributed by atoms with van der Waals surface area (Å²) in [5.41, 5.74) is 2.08. The summed E-state index contributed by atoms with van der Waals surface area (Å²) >= 11 is 0. The molecule has 4 nitrogen and oxygen atoms in total. The van der Waals surface area contributed by atoms with Crippen molar-refractivity contribution in [2.24, 2.45) is 23.2 Å². The standard InChI is InChI=1S/C23H26O4/c1-14-2-3-19-18(8-21(24)27-20(19)4-14)13-26-22(25)12-23-9-15-5-16(10-23)7-17(6-15)11-23/h2-4,8,15-17H,5-7,9-13H2,1H3. The van der Waals surface area contributed by atoms with Crippen LogP contribution in [0.2, 0.25) is 0 Å². The fourth-order valence-electron chi connectivity index (χ4n) is 6.48. The molecule has 4 saturated carbocycles. The average Bonchev–Trinajstić information content (AvgIpc) is 2.57. The van der Waals surface area contributed by atoms with Gasteiger partial charge in [-0.15, -0.1) is 0 Å². The second-order valence-corrected chi connectivity index (χ2v) is 9.35. The fourth-order valence-corrected chi connectivity index (χ4v) is 6.48. The number of aryl methyl sites for hydroxylation is 1. The predicted molar refractivity (Wildman–Crippen MR) is 102 cm³/mol. The van der Waals surface area contributed by atoms with Crippen molar-refractivity contribution >= 4 is 16.9 Å². The quantitative estimate of drug-likeness (QED) is 0.579. The van der Waals surface area contributed by atoms with Crippen LogP contribution in [0.15, 0.2) is 33.5 Å². The van der Waals surface area contributed by atoms with E-state index in [4.69, 9.17) is 9.15 Å². The molecule has 0 saturated heterocycles. The summed E-state index contributed by atoms with van der Waals surface area (Å²) in [5, 5.41) is 0.836. The number of ether oxygens (including phenoxy) is 1. The van der Waals surface area contributed by atoms with E-state index in [2.05, 4.69) is 0 Å². The summed E-state index contributed by atoms with van der Waals surface area (Å²) < 4.78 is 10.9. The zero-order chi connectivity index (χ0) is 18.6. The van der Waals surface area contributed by atoms with Gasteiger partial charge in [0.25, 0.3) is 0 Å². The van der Waals surface area contributed by atoms with E-state index in [0.29, 0.717) is 12.0 Å². The van der Waals surface area contributed by atoms with Crippen LogP contribution in [-0.4, -0.2) is 5.97 Å². The lowest BCUT2D eigenvalue weighted by Crippen LogP contribution is -2.47. The lowest BCUT2D eigenvalue weighted by molar-refractivity contribution is -0.153. The Bertz CT molecular complexity index is 919. The van der Waals surface area contributed by atoms with Gasteiger partial charge in [-0.3, -0.25) is 4.79 Å². The highest BCUT2D eigenvalue weighted by Gasteiger charge is 2.51. The fraction of sp³-hybridized carbons (Fsp3) is 0.565. The molecule has 0 unspecified atom stereocenters. The van der Waals surface area contributed by atoms with Crippen LogP contribution in [0.3, 0.4) is 0 Å². The molecule has 6 rings (SSSR count). The van der Waals surface area contributed by atoms with Crippen LogP contribution >= 0.6 is 0 Å². The lowest BCUT2D eigenvalue weighted by atomic mass is 9.49. The molecule has 4 bridgehead atoms. The summed E-state index contributed by atoms with van der Waals surface area (Å²) in [5.74, 6) is 2.37. The molecule has 0 atom stereocenters. The van der Waals surface area contributed by atoms with Crippen LogP contribution in [0.5, 0.6) is 0 Å². The van der Waals surface area contributed by atoms with Gasteiger partial charge >= 0.3 is 11.6 Å². The molecule has 4 heteroatoms. The summed E-state index contributed by atoms with van der Waals surface area (Å²) in [6.45, 7) is 2.09. The van der Waals surface area contributed by atoms with Crippen LogP contribution in [0.4, 0.5) is 0 Å². The number of hydrogen-bond acceptors (Lipinski definition) is 4. The molecule has 0 aliphatic heterocycles. The minimum absolute atomic E-state index is 0.120. The second-order valence-electron chi connectivity index (χ2n) is 9.35. The Kier molecular flexibility index (Phi) is 3.92. The predicted octanol–water partition coefficient (Wildman–Crippen LogP) is 4.75. The van der Waals surface area contributed by atoms with Crippen LogP contribution in [-0.2, 0) is 16.1 Å². The molecule has 2 aromatic rings. The van der Waals surface area contributed by atoms with E-state index in [-0.39, 0.29) is 18.0 Å². The molecule has 0 radical (unpaired) electrons. The highest BCUT2D eigenvalue weighted by Crippen LogP contribution is 2.61. The van der Waals surface area contributed by atoms with Gasteiger partial charge in [0.15, 0.2) is 0 Å². The van der Waals surface area contributed by atoms with E-state index >= 15 is 0 Å². The summed E-state index contributed by atoms with van der Waals surface area (Å²) in [6, 6.07) is 7.19. The first-order chi connectivity index (χ1) is 13.0. The number of carbonyl (C=O) groups is 1. The number of hydrogen-bond donors (Lipinski definition) is 0. The third-order valence-corrected chi connectivity index (χ3v) is 7.06. The molecule has 0 spiro atoms. The molecule has 4 fully saturated rings. The number of carbonyl (C=O) groups excluding carboxylic acids is 1. The van der Waals surface area contributed by atoms with Gasteiger partial charge in [0.2, 0.25) is 0 Å². The number of fused-ring (bicyclic) bond motifs is 1. The molecular weight excluding hydrogens is 340 g/mol. The molecule has 142 valence electrons. The van der Waals surface area contributed by atoms with Gasteiger partial charge in [-0.25, -0.2) is 4.79 Å². The Balaban J connectivity index is 1.30. The van der Waals surface area contributed by atoms with E-state index < -0.39 is 5.63 Å². The van der Waals surface area contributed by atoms with Crippen LogP contribution in [0.1, 0.15) is 56.1 Å². The lowest BCUT2D eigenvalue weighted by Gasteiger charge is -2.56. The maximum Gasteiger partial charge on any atom is 0.336 e. The minimum Gasteiger partial charge on any atom is -0.461 e. The van der Waals surface area contributed by atoms with Crippen LogP contribution < -0.4 is 5.63 Å². The van der Waals surface area contributed by atoms with E-state index in [9.17, 15) is 9.59 Å². The van der Waals surface area contributed by atoms with Gasteiger partial charge < -0.3 is 9.15 Å². The topological polar surface area (TPSA) is 56.5 Å². The van der Waals surface area contributed by atoms with Gasteiger partial charge in [-0.2, -0.15) is 0 Å². The van der Waals surface area contributed by atoms with Crippen molar-refractivity contribution in [3.63, 3.8) is 0 Å². The highest BCUT2D eigenvalue weighted by molar-refractivity contribution is 5.81. The van der Waals surface area contributed by atoms with E-state index in [0.717, 1.165) is 34.3 Å². The maximum absolute atomic E-state index is 12.7. The van der Waals surface area contributed by atoms with E-state index in [1.165, 1.54) is 44.6 Å². The average molecular weight is 366 g/mol. The van der Waals surface area contributed by atoms with Crippen molar-refractivity contribution in [1.82, 2.24) is 0 Å². The van der Waals surface area contributed by atoms with Gasteiger partial charge in [0, 0.05) is 17.0 Å². The normalized spacial score (nSPS) is 31.4. The maximum atomic E-state index is 12.7. The molecular formula is C23H26O4. The van der Waals surface area contributed by atoms with Crippen molar-refractivity contribution in [3.8, 4) is 0 Å². The third-order valence-electron chi connectivity index (χ3n) is 7.06. The van der Waals surface area contributed by atoms with Crippen LogP contribution in [0.25, 0.3) is 11.0 Å². The van der Waals surface area contributed by atoms with E-state index in [1.54, 1.807) is 0 Å². The SMILES string of the molecule is Cc1ccc2c(COC(=O)CC34CC5CC(CC(C5)C3)C4)cc(=O)oc2c1. The summed E-state index contributed by atoms with van der Waals surface area (Å²) in [4.78, 5) is 24.5. The number of esters is 1. The van der Waals surface area contributed by atoms with Crippen molar-refractivity contribution in [2.75, 3.05) is 0 Å². The Morgan fingerprint density at radius 3 is 2.44 bits per heavy atom. The first-order valence-corrected chi connectivity index (χ1v) is 10.2. The zero-order valence-corrected chi connectivity index (χ0v) is 15.8. The Morgan fingerprint density at radius 1 is 1.11 bits per heavy atom. The van der Waals surface area contributed by atoms with Gasteiger partial charge in [0.1, 0.15) is 12.2 Å². The largest absolute Gasteiger partial charge is 0.461 e. The molecule has 27 heavy (non-hydrogen) atoms. The number of rotatable bonds is 4. The first-order valence-electron chi connectivity index (χ1n) is 10.2. The van der Waals surface area contributed by atoms with Crippen molar-refractivity contribution in [3.05, 3.63) is 45.8 Å². The Hall–Kier alpha value is -2.10. The molecule has 1 aromatic heterocycles. The molecule has 0 amide bonds. The van der Waals surface area contributed by atoms with E-state index in [1.807, 2.05) is 25.1 Å². The second kappa shape index (κ2) is 6.22. The third kappa shape index (κ3) is 3.19. The molecule has 4 aliphatic rings. The Morgan fingerprint density at radius 2 is 1.78 bits per heavy atom. The monoisotopic (exact) mass is 366 g/mol. The molecule has 4 aliphatic carbocycles.